The molecule has 0 saturated heterocycles. The second-order valence-corrected chi connectivity index (χ2v) is 8.15. The average Bonchev–Trinajstić information content (AvgIpc) is 3.21. The van der Waals surface area contributed by atoms with Crippen LogP contribution in [0.4, 0.5) is 5.69 Å². The fraction of sp³-hybridized carbons (Fsp3) is 0.143. The number of aryl methyl sites for hydroxylation is 1. The molecule has 0 aliphatic heterocycles. The lowest BCUT2D eigenvalue weighted by atomic mass is 9.99. The van der Waals surface area contributed by atoms with Gasteiger partial charge in [-0.2, -0.15) is 5.10 Å². The fourth-order valence-electron chi connectivity index (χ4n) is 4.20. The van der Waals surface area contributed by atoms with E-state index in [-0.39, 0.29) is 5.91 Å². The van der Waals surface area contributed by atoms with Crippen LogP contribution in [0.15, 0.2) is 84.9 Å². The van der Waals surface area contributed by atoms with Crippen molar-refractivity contribution >= 4 is 33.1 Å². The van der Waals surface area contributed by atoms with Crippen LogP contribution in [0.3, 0.4) is 0 Å². The number of carbonyl (C=O) groups is 1. The Bertz CT molecular complexity index is 1430. The summed E-state index contributed by atoms with van der Waals surface area (Å²) in [7, 11) is 0. The number of aromatic nitrogens is 2. The van der Waals surface area contributed by atoms with Crippen molar-refractivity contribution in [2.75, 3.05) is 5.32 Å². The summed E-state index contributed by atoms with van der Waals surface area (Å²) in [5, 5.41) is 12.6. The number of benzene rings is 4. The van der Waals surface area contributed by atoms with Crippen molar-refractivity contribution in [1.29, 1.82) is 0 Å². The van der Waals surface area contributed by atoms with Gasteiger partial charge in [0.05, 0.1) is 17.1 Å². The Morgan fingerprint density at radius 3 is 2.38 bits per heavy atom. The van der Waals surface area contributed by atoms with Crippen LogP contribution in [-0.4, -0.2) is 15.7 Å². The van der Waals surface area contributed by atoms with Crippen LogP contribution >= 0.6 is 0 Å². The van der Waals surface area contributed by atoms with E-state index in [4.69, 9.17) is 5.10 Å². The molecular formula is C28H25N3O. The van der Waals surface area contributed by atoms with Crippen molar-refractivity contribution < 1.29 is 4.79 Å². The van der Waals surface area contributed by atoms with Crippen LogP contribution in [0.5, 0.6) is 0 Å². The Morgan fingerprint density at radius 1 is 0.875 bits per heavy atom. The number of carbonyl (C=O) groups excluding carboxylic acids is 1. The molecule has 1 N–H and O–H groups in total. The molecule has 4 nitrogen and oxygen atoms in total. The van der Waals surface area contributed by atoms with E-state index in [1.807, 2.05) is 42.8 Å². The van der Waals surface area contributed by atoms with Gasteiger partial charge in [0.2, 0.25) is 5.91 Å². The Balaban J connectivity index is 1.56. The summed E-state index contributed by atoms with van der Waals surface area (Å²) < 4.78 is 1.97. The topological polar surface area (TPSA) is 46.9 Å². The molecule has 32 heavy (non-hydrogen) atoms. The normalized spacial score (nSPS) is 11.2. The Morgan fingerprint density at radius 2 is 1.59 bits per heavy atom. The number of hydrogen-bond donors (Lipinski definition) is 1. The zero-order chi connectivity index (χ0) is 22.1. The highest BCUT2D eigenvalue weighted by Crippen LogP contribution is 2.31. The molecule has 0 fully saturated rings. The van der Waals surface area contributed by atoms with Crippen molar-refractivity contribution in [3.05, 3.63) is 90.6 Å². The van der Waals surface area contributed by atoms with Crippen LogP contribution in [0.1, 0.15) is 25.5 Å². The number of hydrogen-bond acceptors (Lipinski definition) is 2. The zero-order valence-electron chi connectivity index (χ0n) is 18.3. The van der Waals surface area contributed by atoms with E-state index in [0.29, 0.717) is 6.42 Å². The minimum Gasteiger partial charge on any atom is -0.326 e. The zero-order valence-corrected chi connectivity index (χ0v) is 18.3. The molecule has 1 heterocycles. The molecule has 0 aliphatic rings. The third kappa shape index (κ3) is 3.76. The van der Waals surface area contributed by atoms with Gasteiger partial charge in [0.25, 0.3) is 0 Å². The molecule has 0 radical (unpaired) electrons. The first kappa shape index (κ1) is 20.0. The van der Waals surface area contributed by atoms with E-state index in [0.717, 1.165) is 34.7 Å². The minimum atomic E-state index is 0.0410. The van der Waals surface area contributed by atoms with Crippen molar-refractivity contribution in [2.24, 2.45) is 0 Å². The summed E-state index contributed by atoms with van der Waals surface area (Å²) in [5.41, 5.74) is 4.88. The Kier molecular flexibility index (Phi) is 5.20. The maximum Gasteiger partial charge on any atom is 0.224 e. The van der Waals surface area contributed by atoms with Gasteiger partial charge in [-0.1, -0.05) is 55.5 Å². The molecule has 5 aromatic rings. The number of rotatable bonds is 5. The molecule has 5 rings (SSSR count). The van der Waals surface area contributed by atoms with Gasteiger partial charge in [-0.3, -0.25) is 4.79 Å². The second kappa shape index (κ2) is 8.31. The van der Waals surface area contributed by atoms with Crippen LogP contribution in [0.25, 0.3) is 38.5 Å². The molecule has 1 amide bonds. The molecule has 0 atom stereocenters. The number of nitrogens with zero attached hydrogens (tertiary/aromatic N) is 2. The van der Waals surface area contributed by atoms with Gasteiger partial charge in [-0.25, -0.2) is 4.68 Å². The first-order chi connectivity index (χ1) is 15.6. The fourth-order valence-corrected chi connectivity index (χ4v) is 4.20. The molecule has 4 heteroatoms. The molecule has 1 aromatic heterocycles. The van der Waals surface area contributed by atoms with E-state index in [9.17, 15) is 4.79 Å². The van der Waals surface area contributed by atoms with Crippen molar-refractivity contribution in [3.8, 4) is 16.9 Å². The van der Waals surface area contributed by atoms with Crippen molar-refractivity contribution in [1.82, 2.24) is 9.78 Å². The second-order valence-electron chi connectivity index (χ2n) is 8.15. The highest BCUT2D eigenvalue weighted by molar-refractivity contribution is 6.08. The molecule has 0 unspecified atom stereocenters. The van der Waals surface area contributed by atoms with Crippen LogP contribution in [-0.2, 0) is 4.79 Å². The molecule has 0 saturated carbocycles. The highest BCUT2D eigenvalue weighted by Gasteiger charge is 2.12. The van der Waals surface area contributed by atoms with Gasteiger partial charge >= 0.3 is 0 Å². The summed E-state index contributed by atoms with van der Waals surface area (Å²) in [6.07, 6.45) is 1.36. The number of fused-ring (bicyclic) bond motifs is 3. The van der Waals surface area contributed by atoms with Crippen LogP contribution in [0, 0.1) is 6.92 Å². The molecule has 0 spiro atoms. The van der Waals surface area contributed by atoms with Gasteiger partial charge in [0.1, 0.15) is 0 Å². The Hall–Kier alpha value is -3.92. The maximum absolute atomic E-state index is 11.9. The summed E-state index contributed by atoms with van der Waals surface area (Å²) in [6.45, 7) is 4.01. The lowest BCUT2D eigenvalue weighted by Gasteiger charge is -2.11. The van der Waals surface area contributed by atoms with E-state index < -0.39 is 0 Å². The summed E-state index contributed by atoms with van der Waals surface area (Å²) in [4.78, 5) is 11.9. The van der Waals surface area contributed by atoms with Crippen LogP contribution in [0.2, 0.25) is 0 Å². The molecular weight excluding hydrogens is 394 g/mol. The van der Waals surface area contributed by atoms with E-state index in [2.05, 4.69) is 66.0 Å². The van der Waals surface area contributed by atoms with Gasteiger partial charge < -0.3 is 5.32 Å². The highest BCUT2D eigenvalue weighted by atomic mass is 16.1. The molecule has 158 valence electrons. The van der Waals surface area contributed by atoms with Crippen molar-refractivity contribution in [3.63, 3.8) is 0 Å². The lowest BCUT2D eigenvalue weighted by Crippen LogP contribution is -2.10. The minimum absolute atomic E-state index is 0.0410. The quantitative estimate of drug-likeness (QED) is 0.315. The summed E-state index contributed by atoms with van der Waals surface area (Å²) in [6, 6.07) is 29.4. The Labute approximate surface area is 187 Å². The molecule has 0 bridgehead atoms. The van der Waals surface area contributed by atoms with E-state index in [1.165, 1.54) is 21.5 Å². The SMILES string of the molecule is CCCC(=O)Nc1ccc(-n2nc(C)cc2-c2ccc3ccc4ccccc4c3c2)cc1. The summed E-state index contributed by atoms with van der Waals surface area (Å²) >= 11 is 0. The van der Waals surface area contributed by atoms with Gasteiger partial charge in [0, 0.05) is 17.7 Å². The van der Waals surface area contributed by atoms with Gasteiger partial charge in [-0.05, 0) is 71.3 Å². The largest absolute Gasteiger partial charge is 0.326 e. The smallest absolute Gasteiger partial charge is 0.224 e. The third-order valence-electron chi connectivity index (χ3n) is 5.75. The van der Waals surface area contributed by atoms with E-state index >= 15 is 0 Å². The van der Waals surface area contributed by atoms with E-state index in [1.54, 1.807) is 0 Å². The number of nitrogens with one attached hydrogen (secondary N) is 1. The first-order valence-electron chi connectivity index (χ1n) is 11.0. The predicted octanol–water partition coefficient (Wildman–Crippen LogP) is 6.89. The molecule has 4 aromatic carbocycles. The lowest BCUT2D eigenvalue weighted by molar-refractivity contribution is -0.116. The number of amides is 1. The van der Waals surface area contributed by atoms with Crippen LogP contribution < -0.4 is 5.32 Å². The van der Waals surface area contributed by atoms with Crippen molar-refractivity contribution in [2.45, 2.75) is 26.7 Å². The third-order valence-corrected chi connectivity index (χ3v) is 5.75. The summed E-state index contributed by atoms with van der Waals surface area (Å²) in [5.74, 6) is 0.0410. The molecule has 0 aliphatic carbocycles. The standard InChI is InChI=1S/C28H25N3O/c1-3-6-28(32)29-23-13-15-24(16-14-23)31-27(17-19(2)30-31)22-12-11-21-10-9-20-7-4-5-8-25(20)26(21)18-22/h4-5,7-18H,3,6H2,1-2H3,(H,29,32). The van der Waals surface area contributed by atoms with Gasteiger partial charge in [-0.15, -0.1) is 0 Å². The average molecular weight is 420 g/mol. The first-order valence-corrected chi connectivity index (χ1v) is 11.0. The number of anilines is 1. The maximum atomic E-state index is 11.9. The predicted molar refractivity (Wildman–Crippen MR) is 132 cm³/mol. The monoisotopic (exact) mass is 419 g/mol. The van der Waals surface area contributed by atoms with Gasteiger partial charge in [0.15, 0.2) is 0 Å².